The van der Waals surface area contributed by atoms with Crippen LogP contribution in [0.1, 0.15) is 19.4 Å². The van der Waals surface area contributed by atoms with Crippen LogP contribution < -0.4 is 9.47 Å². The summed E-state index contributed by atoms with van der Waals surface area (Å²) in [5.74, 6) is 1.21. The van der Waals surface area contributed by atoms with E-state index in [4.69, 9.17) is 14.2 Å². The third kappa shape index (κ3) is 2.53. The molecule has 0 aromatic heterocycles. The molecule has 0 saturated carbocycles. The van der Waals surface area contributed by atoms with Crippen molar-refractivity contribution in [2.45, 2.75) is 26.3 Å². The van der Waals surface area contributed by atoms with Crippen molar-refractivity contribution in [3.63, 3.8) is 0 Å². The number of amides is 2. The average molecular weight is 291 g/mol. The van der Waals surface area contributed by atoms with Gasteiger partial charge in [-0.15, -0.1) is 0 Å². The smallest absolute Gasteiger partial charge is 0.416 e. The molecule has 2 aliphatic rings. The third-order valence-corrected chi connectivity index (χ3v) is 3.74. The van der Waals surface area contributed by atoms with Gasteiger partial charge in [-0.3, -0.25) is 4.79 Å². The van der Waals surface area contributed by atoms with Gasteiger partial charge in [0, 0.05) is 0 Å². The van der Waals surface area contributed by atoms with E-state index in [0.717, 1.165) is 5.56 Å². The van der Waals surface area contributed by atoms with Crippen molar-refractivity contribution in [3.05, 3.63) is 23.8 Å². The van der Waals surface area contributed by atoms with Crippen LogP contribution in [0.4, 0.5) is 4.79 Å². The topological polar surface area (TPSA) is 65.1 Å². The minimum Gasteiger partial charge on any atom is -0.454 e. The Labute approximate surface area is 122 Å². The molecule has 6 heteroatoms. The predicted molar refractivity (Wildman–Crippen MR) is 73.1 cm³/mol. The number of hydrogen-bond acceptors (Lipinski definition) is 5. The summed E-state index contributed by atoms with van der Waals surface area (Å²) in [4.78, 5) is 25.4. The van der Waals surface area contributed by atoms with E-state index in [1.54, 1.807) is 18.2 Å². The average Bonchev–Trinajstić information content (AvgIpc) is 3.04. The van der Waals surface area contributed by atoms with E-state index < -0.39 is 6.09 Å². The largest absolute Gasteiger partial charge is 0.454 e. The molecule has 1 aromatic carbocycles. The van der Waals surface area contributed by atoms with Gasteiger partial charge in [0.05, 0.1) is 12.5 Å². The first kappa shape index (κ1) is 13.7. The summed E-state index contributed by atoms with van der Waals surface area (Å²) in [6, 6.07) is 5.15. The molecule has 1 fully saturated rings. The van der Waals surface area contributed by atoms with Crippen LogP contribution >= 0.6 is 0 Å². The van der Waals surface area contributed by atoms with Crippen molar-refractivity contribution >= 4 is 12.0 Å². The molecule has 1 saturated heterocycles. The lowest BCUT2D eigenvalue weighted by Crippen LogP contribution is -2.42. The normalized spacial score (nSPS) is 20.0. The third-order valence-electron chi connectivity index (χ3n) is 3.74. The number of carbonyl (C=O) groups excluding carboxylic acids is 2. The van der Waals surface area contributed by atoms with Crippen LogP contribution in [0.25, 0.3) is 0 Å². The lowest BCUT2D eigenvalue weighted by molar-refractivity contribution is -0.129. The fourth-order valence-electron chi connectivity index (χ4n) is 2.52. The Bertz CT molecular complexity index is 583. The van der Waals surface area contributed by atoms with Crippen LogP contribution in [0.2, 0.25) is 0 Å². The molecule has 21 heavy (non-hydrogen) atoms. The monoisotopic (exact) mass is 291 g/mol. The van der Waals surface area contributed by atoms with Crippen LogP contribution in [0, 0.1) is 5.92 Å². The molecular formula is C15H17NO5. The van der Waals surface area contributed by atoms with Gasteiger partial charge in [-0.05, 0) is 23.6 Å². The maximum atomic E-state index is 12.4. The van der Waals surface area contributed by atoms with Crippen molar-refractivity contribution in [2.24, 2.45) is 5.92 Å². The van der Waals surface area contributed by atoms with Crippen LogP contribution in [0.3, 0.4) is 0 Å². The zero-order valence-corrected chi connectivity index (χ0v) is 12.0. The molecule has 0 aliphatic carbocycles. The highest BCUT2D eigenvalue weighted by molar-refractivity contribution is 5.94. The maximum absolute atomic E-state index is 12.4. The first-order valence-corrected chi connectivity index (χ1v) is 6.93. The molecule has 2 aliphatic heterocycles. The Balaban J connectivity index is 1.75. The molecule has 2 heterocycles. The summed E-state index contributed by atoms with van der Waals surface area (Å²) >= 11 is 0. The summed E-state index contributed by atoms with van der Waals surface area (Å²) in [5, 5.41) is 0. The molecule has 0 unspecified atom stereocenters. The van der Waals surface area contributed by atoms with Crippen LogP contribution in [-0.2, 0) is 16.0 Å². The Morgan fingerprint density at radius 1 is 1.29 bits per heavy atom. The van der Waals surface area contributed by atoms with Gasteiger partial charge < -0.3 is 14.2 Å². The van der Waals surface area contributed by atoms with Gasteiger partial charge in [-0.25, -0.2) is 9.69 Å². The fraction of sp³-hybridized carbons (Fsp3) is 0.467. The second-order valence-electron chi connectivity index (χ2n) is 5.52. The van der Waals surface area contributed by atoms with E-state index in [1.165, 1.54) is 4.90 Å². The van der Waals surface area contributed by atoms with Gasteiger partial charge in [0.1, 0.15) is 6.61 Å². The Morgan fingerprint density at radius 2 is 2.05 bits per heavy atom. The first-order valence-electron chi connectivity index (χ1n) is 6.93. The van der Waals surface area contributed by atoms with Crippen LogP contribution in [0.5, 0.6) is 11.5 Å². The summed E-state index contributed by atoms with van der Waals surface area (Å²) in [7, 11) is 0. The molecule has 0 radical (unpaired) electrons. The van der Waals surface area contributed by atoms with Crippen LogP contribution in [0.15, 0.2) is 18.2 Å². The Hall–Kier alpha value is -2.24. The second-order valence-corrected chi connectivity index (χ2v) is 5.52. The standard InChI is InChI=1S/C15H17NO5/c1-9(2)11-7-19-15(18)16(11)14(17)6-10-3-4-12-13(5-10)21-8-20-12/h3-5,9,11H,6-8H2,1-2H3/t11-/m1/s1. The number of nitrogens with zero attached hydrogens (tertiary/aromatic N) is 1. The molecule has 2 amide bonds. The molecule has 1 aromatic rings. The van der Waals surface area contributed by atoms with Gasteiger partial charge in [0.2, 0.25) is 12.7 Å². The van der Waals surface area contributed by atoms with Crippen molar-refractivity contribution in [3.8, 4) is 11.5 Å². The van der Waals surface area contributed by atoms with Crippen molar-refractivity contribution in [1.29, 1.82) is 0 Å². The zero-order chi connectivity index (χ0) is 15.0. The highest BCUT2D eigenvalue weighted by atomic mass is 16.7. The van der Waals surface area contributed by atoms with E-state index in [9.17, 15) is 9.59 Å². The minimum atomic E-state index is -0.556. The van der Waals surface area contributed by atoms with Crippen molar-refractivity contribution in [2.75, 3.05) is 13.4 Å². The lowest BCUT2D eigenvalue weighted by atomic mass is 10.0. The lowest BCUT2D eigenvalue weighted by Gasteiger charge is -2.22. The molecule has 0 N–H and O–H groups in total. The summed E-state index contributed by atoms with van der Waals surface area (Å²) in [6.45, 7) is 4.39. The SMILES string of the molecule is CC(C)[C@H]1COC(=O)N1C(=O)Cc1ccc2c(c1)OCO2. The number of imide groups is 1. The minimum absolute atomic E-state index is 0.134. The van der Waals surface area contributed by atoms with Crippen LogP contribution in [-0.4, -0.2) is 36.3 Å². The quantitative estimate of drug-likeness (QED) is 0.851. The van der Waals surface area contributed by atoms with Crippen molar-refractivity contribution < 1.29 is 23.8 Å². The highest BCUT2D eigenvalue weighted by Crippen LogP contribution is 2.33. The molecule has 0 bridgehead atoms. The number of cyclic esters (lactones) is 1. The Morgan fingerprint density at radius 3 is 2.81 bits per heavy atom. The predicted octanol–water partition coefficient (Wildman–Crippen LogP) is 1.96. The van der Waals surface area contributed by atoms with Gasteiger partial charge in [0.25, 0.3) is 0 Å². The summed E-state index contributed by atoms with van der Waals surface area (Å²) in [6.07, 6.45) is -0.422. The Kier molecular flexibility index (Phi) is 3.45. The molecule has 1 atom stereocenters. The van der Waals surface area contributed by atoms with E-state index in [2.05, 4.69) is 0 Å². The molecule has 3 rings (SSSR count). The number of fused-ring (bicyclic) bond motifs is 1. The molecule has 6 nitrogen and oxygen atoms in total. The van der Waals surface area contributed by atoms with E-state index >= 15 is 0 Å². The molecular weight excluding hydrogens is 274 g/mol. The number of ether oxygens (including phenoxy) is 3. The number of rotatable bonds is 3. The maximum Gasteiger partial charge on any atom is 0.416 e. The van der Waals surface area contributed by atoms with Gasteiger partial charge in [0.15, 0.2) is 11.5 Å². The van der Waals surface area contributed by atoms with Gasteiger partial charge >= 0.3 is 6.09 Å². The second kappa shape index (κ2) is 5.27. The highest BCUT2D eigenvalue weighted by Gasteiger charge is 2.39. The summed E-state index contributed by atoms with van der Waals surface area (Å²) < 4.78 is 15.5. The number of hydrogen-bond donors (Lipinski definition) is 0. The first-order chi connectivity index (χ1) is 10.1. The summed E-state index contributed by atoms with van der Waals surface area (Å²) in [5.41, 5.74) is 0.784. The van der Waals surface area contributed by atoms with E-state index in [1.807, 2.05) is 13.8 Å². The van der Waals surface area contributed by atoms with Crippen molar-refractivity contribution in [1.82, 2.24) is 4.90 Å². The van der Waals surface area contributed by atoms with Gasteiger partial charge in [-0.2, -0.15) is 0 Å². The zero-order valence-electron chi connectivity index (χ0n) is 12.0. The molecule has 112 valence electrons. The fourth-order valence-corrected chi connectivity index (χ4v) is 2.52. The molecule has 0 spiro atoms. The van der Waals surface area contributed by atoms with E-state index in [-0.39, 0.29) is 37.7 Å². The van der Waals surface area contributed by atoms with E-state index in [0.29, 0.717) is 11.5 Å². The number of carbonyl (C=O) groups is 2. The number of benzene rings is 1. The van der Waals surface area contributed by atoms with Gasteiger partial charge in [-0.1, -0.05) is 19.9 Å².